The molecule has 0 fully saturated rings. The van der Waals surface area contributed by atoms with Crippen LogP contribution in [0.2, 0.25) is 0 Å². The normalized spacial score (nSPS) is 12.6. The molecular formula is C23H44O3. The molecule has 3 heteroatoms. The van der Waals surface area contributed by atoms with Crippen LogP contribution in [-0.4, -0.2) is 18.9 Å². The number of esters is 1. The highest BCUT2D eigenvalue weighted by Gasteiger charge is 2.11. The van der Waals surface area contributed by atoms with Crippen molar-refractivity contribution in [3.63, 3.8) is 0 Å². The topological polar surface area (TPSA) is 35.5 Å². The molecule has 1 unspecified atom stereocenters. The van der Waals surface area contributed by atoms with Crippen molar-refractivity contribution < 1.29 is 14.3 Å². The highest BCUT2D eigenvalue weighted by Crippen LogP contribution is 2.11. The maximum Gasteiger partial charge on any atom is 0.308 e. The summed E-state index contributed by atoms with van der Waals surface area (Å²) in [4.78, 5) is 11.7. The number of allylic oxidation sites excluding steroid dienone is 2. The van der Waals surface area contributed by atoms with Gasteiger partial charge < -0.3 is 9.47 Å². The fourth-order valence-electron chi connectivity index (χ4n) is 2.97. The number of ether oxygens (including phenoxy) is 2. The van der Waals surface area contributed by atoms with E-state index < -0.39 is 0 Å². The van der Waals surface area contributed by atoms with Gasteiger partial charge in [0.25, 0.3) is 0 Å². The Morgan fingerprint density at radius 1 is 0.769 bits per heavy atom. The zero-order chi connectivity index (χ0) is 19.3. The average Bonchev–Trinajstić information content (AvgIpc) is 2.64. The summed E-state index contributed by atoms with van der Waals surface area (Å²) in [5, 5.41) is 0. The number of carbonyl (C=O) groups is 1. The molecule has 0 spiro atoms. The van der Waals surface area contributed by atoms with Gasteiger partial charge in [-0.05, 0) is 39.0 Å². The van der Waals surface area contributed by atoms with Crippen LogP contribution >= 0.6 is 0 Å². The second-order valence-electron chi connectivity index (χ2n) is 7.12. The van der Waals surface area contributed by atoms with E-state index in [-0.39, 0.29) is 12.3 Å². The third kappa shape index (κ3) is 18.0. The summed E-state index contributed by atoms with van der Waals surface area (Å²) in [7, 11) is 0. The van der Waals surface area contributed by atoms with E-state index in [4.69, 9.17) is 9.47 Å². The zero-order valence-electron chi connectivity index (χ0n) is 17.8. The van der Waals surface area contributed by atoms with Crippen molar-refractivity contribution in [1.82, 2.24) is 0 Å². The van der Waals surface area contributed by atoms with Crippen LogP contribution < -0.4 is 0 Å². The molecule has 0 radical (unpaired) electrons. The lowest BCUT2D eigenvalue weighted by molar-refractivity contribution is -0.178. The molecule has 0 aromatic rings. The molecular weight excluding hydrogens is 324 g/mol. The quantitative estimate of drug-likeness (QED) is 0.103. The molecule has 0 bridgehead atoms. The monoisotopic (exact) mass is 368 g/mol. The number of rotatable bonds is 19. The first-order valence-electron chi connectivity index (χ1n) is 11.2. The summed E-state index contributed by atoms with van der Waals surface area (Å²) in [5.41, 5.74) is 0. The number of carbonyl (C=O) groups excluding carboxylic acids is 1. The molecule has 0 aliphatic heterocycles. The van der Waals surface area contributed by atoms with Gasteiger partial charge in [-0.1, -0.05) is 77.4 Å². The van der Waals surface area contributed by atoms with E-state index in [1.54, 1.807) is 0 Å². The van der Waals surface area contributed by atoms with Crippen molar-refractivity contribution in [2.45, 2.75) is 123 Å². The smallest absolute Gasteiger partial charge is 0.308 e. The van der Waals surface area contributed by atoms with Gasteiger partial charge in [-0.25, -0.2) is 0 Å². The van der Waals surface area contributed by atoms with Gasteiger partial charge >= 0.3 is 5.97 Å². The summed E-state index contributed by atoms with van der Waals surface area (Å²) < 4.78 is 10.6. The van der Waals surface area contributed by atoms with Crippen LogP contribution in [0, 0.1) is 0 Å². The number of hydrogen-bond donors (Lipinski definition) is 0. The molecule has 0 saturated carbocycles. The standard InChI is InChI=1S/C23H44O3/c1-4-7-8-9-10-11-12-13-14-15-16-17-18-19-20-21-22(24)26-23(5-2)25-6-3/h13-14,23H,4-12,15-21H2,1-3H3. The minimum absolute atomic E-state index is 0.122. The highest BCUT2D eigenvalue weighted by molar-refractivity contribution is 5.69. The lowest BCUT2D eigenvalue weighted by Crippen LogP contribution is -2.20. The molecule has 1 atom stereocenters. The average molecular weight is 369 g/mol. The summed E-state index contributed by atoms with van der Waals surface area (Å²) in [6, 6.07) is 0. The second kappa shape index (κ2) is 20.5. The molecule has 0 amide bonds. The summed E-state index contributed by atoms with van der Waals surface area (Å²) in [6.45, 7) is 6.73. The van der Waals surface area contributed by atoms with E-state index in [0.717, 1.165) is 12.8 Å². The first-order chi connectivity index (χ1) is 12.7. The molecule has 3 nitrogen and oxygen atoms in total. The van der Waals surface area contributed by atoms with Crippen molar-refractivity contribution in [2.24, 2.45) is 0 Å². The Kier molecular flexibility index (Phi) is 19.8. The van der Waals surface area contributed by atoms with E-state index in [1.807, 2.05) is 13.8 Å². The first kappa shape index (κ1) is 25.2. The Hall–Kier alpha value is -0.830. The second-order valence-corrected chi connectivity index (χ2v) is 7.12. The zero-order valence-corrected chi connectivity index (χ0v) is 17.8. The third-order valence-electron chi connectivity index (χ3n) is 4.59. The van der Waals surface area contributed by atoms with Crippen LogP contribution in [0.3, 0.4) is 0 Å². The number of unbranched alkanes of at least 4 members (excludes halogenated alkanes) is 11. The van der Waals surface area contributed by atoms with Crippen molar-refractivity contribution in [2.75, 3.05) is 6.61 Å². The van der Waals surface area contributed by atoms with Gasteiger partial charge in [0.15, 0.2) is 0 Å². The molecule has 0 aromatic carbocycles. The molecule has 0 aliphatic carbocycles. The van der Waals surface area contributed by atoms with Gasteiger partial charge in [0, 0.05) is 19.4 Å². The molecule has 154 valence electrons. The van der Waals surface area contributed by atoms with Crippen LogP contribution in [0.1, 0.15) is 117 Å². The molecule has 0 heterocycles. The Morgan fingerprint density at radius 2 is 1.31 bits per heavy atom. The van der Waals surface area contributed by atoms with Gasteiger partial charge in [0.1, 0.15) is 0 Å². The highest BCUT2D eigenvalue weighted by atomic mass is 16.7. The summed E-state index contributed by atoms with van der Waals surface area (Å²) in [6.07, 6.45) is 22.0. The first-order valence-corrected chi connectivity index (χ1v) is 11.2. The van der Waals surface area contributed by atoms with Crippen molar-refractivity contribution in [3.05, 3.63) is 12.2 Å². The van der Waals surface area contributed by atoms with E-state index in [1.165, 1.54) is 70.6 Å². The summed E-state index contributed by atoms with van der Waals surface area (Å²) in [5.74, 6) is -0.122. The Morgan fingerprint density at radius 3 is 1.85 bits per heavy atom. The Bertz CT molecular complexity index is 325. The van der Waals surface area contributed by atoms with E-state index >= 15 is 0 Å². The lowest BCUT2D eigenvalue weighted by Gasteiger charge is -2.15. The molecule has 0 saturated heterocycles. The van der Waals surface area contributed by atoms with E-state index in [9.17, 15) is 4.79 Å². The van der Waals surface area contributed by atoms with Gasteiger partial charge in [-0.3, -0.25) is 4.79 Å². The molecule has 0 N–H and O–H groups in total. The van der Waals surface area contributed by atoms with Crippen molar-refractivity contribution >= 4 is 5.97 Å². The van der Waals surface area contributed by atoms with Crippen molar-refractivity contribution in [1.29, 1.82) is 0 Å². The van der Waals surface area contributed by atoms with Crippen LogP contribution in [0.5, 0.6) is 0 Å². The fourth-order valence-corrected chi connectivity index (χ4v) is 2.97. The van der Waals surface area contributed by atoms with Crippen molar-refractivity contribution in [3.8, 4) is 0 Å². The van der Waals surface area contributed by atoms with Gasteiger partial charge in [0.2, 0.25) is 6.29 Å². The fraction of sp³-hybridized carbons (Fsp3) is 0.870. The lowest BCUT2D eigenvalue weighted by atomic mass is 10.1. The maximum atomic E-state index is 11.7. The third-order valence-corrected chi connectivity index (χ3v) is 4.59. The predicted molar refractivity (Wildman–Crippen MR) is 111 cm³/mol. The van der Waals surface area contributed by atoms with E-state index in [0.29, 0.717) is 19.4 Å². The van der Waals surface area contributed by atoms with Crippen LogP contribution in [-0.2, 0) is 14.3 Å². The largest absolute Gasteiger partial charge is 0.436 e. The van der Waals surface area contributed by atoms with Gasteiger partial charge in [-0.15, -0.1) is 0 Å². The number of hydrogen-bond acceptors (Lipinski definition) is 3. The maximum absolute atomic E-state index is 11.7. The van der Waals surface area contributed by atoms with Crippen LogP contribution in [0.15, 0.2) is 12.2 Å². The minimum atomic E-state index is -0.365. The summed E-state index contributed by atoms with van der Waals surface area (Å²) >= 11 is 0. The molecule has 26 heavy (non-hydrogen) atoms. The van der Waals surface area contributed by atoms with Gasteiger partial charge in [0.05, 0.1) is 0 Å². The minimum Gasteiger partial charge on any atom is -0.436 e. The molecule has 0 rings (SSSR count). The Labute approximate surface area is 162 Å². The van der Waals surface area contributed by atoms with Crippen LogP contribution in [0.25, 0.3) is 0 Å². The van der Waals surface area contributed by atoms with E-state index in [2.05, 4.69) is 19.1 Å². The SMILES string of the molecule is CCCCCCCCC=CCCCCCCCC(=O)OC(CC)OCC. The predicted octanol–water partition coefficient (Wildman–Crippen LogP) is 7.34. The molecule has 0 aromatic heterocycles. The molecule has 0 aliphatic rings. The van der Waals surface area contributed by atoms with Gasteiger partial charge in [-0.2, -0.15) is 0 Å². The Balaban J connectivity index is 3.32. The van der Waals surface area contributed by atoms with Crippen LogP contribution in [0.4, 0.5) is 0 Å².